The average Bonchev–Trinajstić information content (AvgIpc) is 3.16. The van der Waals surface area contributed by atoms with E-state index in [1.54, 1.807) is 18.7 Å². The molecule has 2 heterocycles. The van der Waals surface area contributed by atoms with Gasteiger partial charge in [-0.3, -0.25) is 19.2 Å². The number of aryl methyl sites for hydroxylation is 1. The molecule has 2 N–H and O–H groups in total. The SMILES string of the molecule is CC(=O)NC1(c2noc(CCC(=O)N3CCN(C(=O)C(=O)NC(C)C)CC3)n2)CCCCCC1. The largest absolute Gasteiger partial charge is 0.346 e. The first-order valence-corrected chi connectivity index (χ1v) is 12.2. The highest BCUT2D eigenvalue weighted by atomic mass is 16.5. The summed E-state index contributed by atoms with van der Waals surface area (Å²) in [6, 6.07) is -0.111. The van der Waals surface area contributed by atoms with Crippen LogP contribution in [0, 0.1) is 0 Å². The highest BCUT2D eigenvalue weighted by Crippen LogP contribution is 2.34. The van der Waals surface area contributed by atoms with E-state index in [0.717, 1.165) is 38.5 Å². The van der Waals surface area contributed by atoms with Crippen molar-refractivity contribution in [1.29, 1.82) is 0 Å². The lowest BCUT2D eigenvalue weighted by Gasteiger charge is -2.34. The Hall–Kier alpha value is -2.98. The Kier molecular flexibility index (Phi) is 8.62. The van der Waals surface area contributed by atoms with Crippen molar-refractivity contribution in [2.24, 2.45) is 0 Å². The smallest absolute Gasteiger partial charge is 0.312 e. The third-order valence-corrected chi connectivity index (χ3v) is 6.35. The Morgan fingerprint density at radius 3 is 2.21 bits per heavy atom. The molecule has 0 radical (unpaired) electrons. The van der Waals surface area contributed by atoms with Gasteiger partial charge in [-0.2, -0.15) is 4.98 Å². The summed E-state index contributed by atoms with van der Waals surface area (Å²) in [6.07, 6.45) is 6.23. The first-order chi connectivity index (χ1) is 16.2. The second-order valence-corrected chi connectivity index (χ2v) is 9.49. The highest BCUT2D eigenvalue weighted by molar-refractivity contribution is 6.35. The Balaban J connectivity index is 1.52. The fourth-order valence-corrected chi connectivity index (χ4v) is 4.62. The molecule has 1 aliphatic carbocycles. The molecule has 11 heteroatoms. The summed E-state index contributed by atoms with van der Waals surface area (Å²) in [5, 5.41) is 9.81. The predicted octanol–water partition coefficient (Wildman–Crippen LogP) is 0.883. The molecule has 1 saturated heterocycles. The van der Waals surface area contributed by atoms with E-state index < -0.39 is 17.4 Å². The van der Waals surface area contributed by atoms with Gasteiger partial charge in [0.25, 0.3) is 0 Å². The molecule has 1 aromatic rings. The molecule has 11 nitrogen and oxygen atoms in total. The van der Waals surface area contributed by atoms with E-state index in [0.29, 0.717) is 44.3 Å². The molecular weight excluding hydrogens is 440 g/mol. The van der Waals surface area contributed by atoms with Gasteiger partial charge in [0.1, 0.15) is 5.54 Å². The van der Waals surface area contributed by atoms with Crippen LogP contribution >= 0.6 is 0 Å². The number of amides is 4. The maximum atomic E-state index is 12.7. The average molecular weight is 477 g/mol. The van der Waals surface area contributed by atoms with Crippen LogP contribution in [0.2, 0.25) is 0 Å². The number of hydrogen-bond acceptors (Lipinski definition) is 7. The topological polar surface area (TPSA) is 138 Å². The lowest BCUT2D eigenvalue weighted by Crippen LogP contribution is -2.54. The number of hydrogen-bond donors (Lipinski definition) is 2. The number of piperazine rings is 1. The molecule has 0 aromatic carbocycles. The van der Waals surface area contributed by atoms with Crippen LogP contribution in [0.15, 0.2) is 4.52 Å². The first-order valence-electron chi connectivity index (χ1n) is 12.2. The van der Waals surface area contributed by atoms with Crippen LogP contribution in [0.3, 0.4) is 0 Å². The van der Waals surface area contributed by atoms with E-state index in [1.807, 2.05) is 0 Å². The molecule has 4 amide bonds. The van der Waals surface area contributed by atoms with E-state index in [1.165, 1.54) is 11.8 Å². The fraction of sp³-hybridized carbons (Fsp3) is 0.739. The normalized spacial score (nSPS) is 18.4. The van der Waals surface area contributed by atoms with Crippen LogP contribution in [0.4, 0.5) is 0 Å². The van der Waals surface area contributed by atoms with Crippen LogP contribution < -0.4 is 10.6 Å². The minimum absolute atomic E-state index is 0.0653. The number of nitrogens with zero attached hydrogens (tertiary/aromatic N) is 4. The summed E-state index contributed by atoms with van der Waals surface area (Å²) in [5.74, 6) is -0.513. The van der Waals surface area contributed by atoms with Crippen molar-refractivity contribution in [2.75, 3.05) is 26.2 Å². The predicted molar refractivity (Wildman–Crippen MR) is 122 cm³/mol. The molecule has 0 spiro atoms. The molecule has 0 unspecified atom stereocenters. The summed E-state index contributed by atoms with van der Waals surface area (Å²) >= 11 is 0. The second-order valence-electron chi connectivity index (χ2n) is 9.49. The van der Waals surface area contributed by atoms with Gasteiger partial charge in [-0.25, -0.2) is 0 Å². The van der Waals surface area contributed by atoms with Crippen molar-refractivity contribution in [2.45, 2.75) is 83.7 Å². The Bertz CT molecular complexity index is 882. The number of carbonyl (C=O) groups is 4. The lowest BCUT2D eigenvalue weighted by molar-refractivity contribution is -0.148. The molecule has 0 bridgehead atoms. The molecular formula is C23H36N6O5. The third kappa shape index (κ3) is 6.54. The van der Waals surface area contributed by atoms with Gasteiger partial charge < -0.3 is 25.0 Å². The number of rotatable bonds is 6. The summed E-state index contributed by atoms with van der Waals surface area (Å²) in [5.41, 5.74) is -0.612. The Morgan fingerprint density at radius 2 is 1.62 bits per heavy atom. The zero-order chi connectivity index (χ0) is 24.7. The second kappa shape index (κ2) is 11.4. The van der Waals surface area contributed by atoms with E-state index in [4.69, 9.17) is 4.52 Å². The summed E-state index contributed by atoms with van der Waals surface area (Å²) < 4.78 is 5.43. The van der Waals surface area contributed by atoms with Gasteiger partial charge >= 0.3 is 11.8 Å². The van der Waals surface area contributed by atoms with E-state index in [9.17, 15) is 19.2 Å². The quantitative estimate of drug-likeness (QED) is 0.459. The maximum absolute atomic E-state index is 12.7. The Morgan fingerprint density at radius 1 is 1.00 bits per heavy atom. The zero-order valence-electron chi connectivity index (χ0n) is 20.4. The van der Waals surface area contributed by atoms with Crippen molar-refractivity contribution in [3.8, 4) is 0 Å². The van der Waals surface area contributed by atoms with Crippen molar-refractivity contribution in [3.05, 3.63) is 11.7 Å². The summed E-state index contributed by atoms with van der Waals surface area (Å²) in [4.78, 5) is 56.4. The highest BCUT2D eigenvalue weighted by Gasteiger charge is 2.38. The van der Waals surface area contributed by atoms with Gasteiger partial charge in [-0.05, 0) is 26.7 Å². The monoisotopic (exact) mass is 476 g/mol. The fourth-order valence-electron chi connectivity index (χ4n) is 4.62. The van der Waals surface area contributed by atoms with E-state index in [-0.39, 0.29) is 24.3 Å². The number of carbonyl (C=O) groups excluding carboxylic acids is 4. The van der Waals surface area contributed by atoms with Gasteiger partial charge in [0.15, 0.2) is 5.82 Å². The minimum atomic E-state index is -0.618. The molecule has 2 fully saturated rings. The molecule has 1 aliphatic heterocycles. The third-order valence-electron chi connectivity index (χ3n) is 6.35. The Labute approximate surface area is 200 Å². The lowest BCUT2D eigenvalue weighted by atomic mass is 9.89. The van der Waals surface area contributed by atoms with Gasteiger partial charge in [-0.1, -0.05) is 30.8 Å². The van der Waals surface area contributed by atoms with Crippen molar-refractivity contribution < 1.29 is 23.7 Å². The van der Waals surface area contributed by atoms with Crippen molar-refractivity contribution in [3.63, 3.8) is 0 Å². The molecule has 2 aliphatic rings. The molecule has 1 aromatic heterocycles. The number of nitrogens with one attached hydrogen (secondary N) is 2. The van der Waals surface area contributed by atoms with Gasteiger partial charge in [-0.15, -0.1) is 0 Å². The summed E-state index contributed by atoms with van der Waals surface area (Å²) in [7, 11) is 0. The van der Waals surface area contributed by atoms with Gasteiger partial charge in [0, 0.05) is 52.0 Å². The van der Waals surface area contributed by atoms with E-state index >= 15 is 0 Å². The molecule has 0 atom stereocenters. The van der Waals surface area contributed by atoms with Crippen molar-refractivity contribution in [1.82, 2.24) is 30.6 Å². The maximum Gasteiger partial charge on any atom is 0.312 e. The standard InChI is InChI=1S/C23H36N6O5/c1-16(2)24-20(32)21(33)29-14-12-28(13-15-29)19(31)9-8-18-25-22(27-34-18)23(26-17(3)30)10-6-4-5-7-11-23/h16H,4-15H2,1-3H3,(H,24,32)(H,26,30). The van der Waals surface area contributed by atoms with Crippen molar-refractivity contribution >= 4 is 23.6 Å². The molecule has 1 saturated carbocycles. The van der Waals surface area contributed by atoms with Gasteiger partial charge in [0.05, 0.1) is 0 Å². The molecule has 3 rings (SSSR count). The van der Waals surface area contributed by atoms with Crippen LogP contribution in [-0.2, 0) is 31.1 Å². The van der Waals surface area contributed by atoms with Gasteiger partial charge in [0.2, 0.25) is 17.7 Å². The molecule has 34 heavy (non-hydrogen) atoms. The van der Waals surface area contributed by atoms with Crippen LogP contribution in [0.1, 0.15) is 77.4 Å². The summed E-state index contributed by atoms with van der Waals surface area (Å²) in [6.45, 7) is 6.48. The zero-order valence-corrected chi connectivity index (χ0v) is 20.4. The van der Waals surface area contributed by atoms with Crippen LogP contribution in [0.5, 0.6) is 0 Å². The number of aromatic nitrogens is 2. The minimum Gasteiger partial charge on any atom is -0.346 e. The first kappa shape index (κ1) is 25.6. The van der Waals surface area contributed by atoms with Crippen LogP contribution in [-0.4, -0.2) is 75.8 Å². The van der Waals surface area contributed by atoms with E-state index in [2.05, 4.69) is 20.8 Å². The molecule has 188 valence electrons. The van der Waals surface area contributed by atoms with Crippen LogP contribution in [0.25, 0.3) is 0 Å².